The predicted molar refractivity (Wildman–Crippen MR) is 93.7 cm³/mol. The van der Waals surface area contributed by atoms with Crippen molar-refractivity contribution in [2.24, 2.45) is 0 Å². The average molecular weight is 312 g/mol. The molecule has 1 amide bonds. The Hall–Kier alpha value is -2.33. The van der Waals surface area contributed by atoms with Gasteiger partial charge >= 0.3 is 0 Å². The first-order valence-corrected chi connectivity index (χ1v) is 7.95. The van der Waals surface area contributed by atoms with E-state index in [0.29, 0.717) is 18.0 Å². The maximum Gasteiger partial charge on any atom is 0.241 e. The van der Waals surface area contributed by atoms with Gasteiger partial charge in [-0.3, -0.25) is 10.1 Å². The number of ether oxygens (including phenoxy) is 1. The van der Waals surface area contributed by atoms with Crippen LogP contribution in [0.5, 0.6) is 5.75 Å². The molecule has 0 heterocycles. The summed E-state index contributed by atoms with van der Waals surface area (Å²) < 4.78 is 5.53. The van der Waals surface area contributed by atoms with Gasteiger partial charge in [0.25, 0.3) is 0 Å². The first kappa shape index (κ1) is 17.0. The van der Waals surface area contributed by atoms with Crippen molar-refractivity contribution in [1.29, 1.82) is 0 Å². The smallest absolute Gasteiger partial charge is 0.241 e. The molecule has 0 radical (unpaired) electrons. The fraction of sp³-hybridized carbons (Fsp3) is 0.316. The van der Waals surface area contributed by atoms with Crippen LogP contribution in [0.4, 0.5) is 5.69 Å². The summed E-state index contributed by atoms with van der Waals surface area (Å²) >= 11 is 0. The monoisotopic (exact) mass is 312 g/mol. The zero-order valence-corrected chi connectivity index (χ0v) is 13.9. The highest BCUT2D eigenvalue weighted by atomic mass is 16.5. The molecule has 2 aromatic rings. The van der Waals surface area contributed by atoms with Crippen molar-refractivity contribution in [3.63, 3.8) is 0 Å². The van der Waals surface area contributed by atoms with Gasteiger partial charge in [0.1, 0.15) is 5.75 Å². The highest BCUT2D eigenvalue weighted by Crippen LogP contribution is 2.24. The minimum atomic E-state index is -0.320. The van der Waals surface area contributed by atoms with Gasteiger partial charge in [-0.25, -0.2) is 0 Å². The van der Waals surface area contributed by atoms with Crippen molar-refractivity contribution >= 4 is 11.6 Å². The molecule has 2 atom stereocenters. The predicted octanol–water partition coefficient (Wildman–Crippen LogP) is 3.76. The number of carbonyl (C=O) groups excluding carboxylic acids is 1. The number of rotatable bonds is 7. The molecule has 0 aliphatic carbocycles. The van der Waals surface area contributed by atoms with Crippen LogP contribution in [0.2, 0.25) is 0 Å². The summed E-state index contributed by atoms with van der Waals surface area (Å²) in [6.07, 6.45) is 0. The molecular formula is C19H24N2O2. The molecular weight excluding hydrogens is 288 g/mol. The topological polar surface area (TPSA) is 50.4 Å². The third-order valence-electron chi connectivity index (χ3n) is 3.64. The molecule has 2 rings (SSSR count). The van der Waals surface area contributed by atoms with Crippen LogP contribution in [0.15, 0.2) is 54.6 Å². The molecule has 2 aromatic carbocycles. The Kier molecular flexibility index (Phi) is 6.18. The number of carbonyl (C=O) groups is 1. The van der Waals surface area contributed by atoms with Crippen molar-refractivity contribution in [2.75, 3.05) is 11.9 Å². The lowest BCUT2D eigenvalue weighted by Crippen LogP contribution is -2.39. The second-order valence-electron chi connectivity index (χ2n) is 5.44. The van der Waals surface area contributed by atoms with E-state index in [1.54, 1.807) is 0 Å². The van der Waals surface area contributed by atoms with Crippen LogP contribution in [0.25, 0.3) is 0 Å². The van der Waals surface area contributed by atoms with E-state index in [4.69, 9.17) is 4.74 Å². The van der Waals surface area contributed by atoms with Gasteiger partial charge in [0.2, 0.25) is 5.91 Å². The summed E-state index contributed by atoms with van der Waals surface area (Å²) in [7, 11) is 0. The first-order valence-electron chi connectivity index (χ1n) is 7.95. The standard InChI is InChI=1S/C19H24N2O2/c1-4-23-18-13-9-8-12-17(18)21-19(22)15(3)20-14(2)16-10-6-5-7-11-16/h5-15,20H,4H2,1-3H3,(H,21,22)/t14-,15+/m0/s1. The highest BCUT2D eigenvalue weighted by molar-refractivity contribution is 5.95. The van der Waals surface area contributed by atoms with E-state index in [-0.39, 0.29) is 18.0 Å². The molecule has 23 heavy (non-hydrogen) atoms. The summed E-state index contributed by atoms with van der Waals surface area (Å²) in [6, 6.07) is 17.3. The van der Waals surface area contributed by atoms with Gasteiger partial charge in [-0.2, -0.15) is 0 Å². The molecule has 4 nitrogen and oxygen atoms in total. The zero-order chi connectivity index (χ0) is 16.7. The fourth-order valence-corrected chi connectivity index (χ4v) is 2.38. The number of para-hydroxylation sites is 2. The molecule has 0 aliphatic rings. The van der Waals surface area contributed by atoms with E-state index in [2.05, 4.69) is 10.6 Å². The maximum atomic E-state index is 12.4. The van der Waals surface area contributed by atoms with E-state index in [1.165, 1.54) is 0 Å². The quantitative estimate of drug-likeness (QED) is 0.818. The van der Waals surface area contributed by atoms with Gasteiger partial charge in [0.05, 0.1) is 18.3 Å². The van der Waals surface area contributed by atoms with Crippen molar-refractivity contribution in [3.05, 3.63) is 60.2 Å². The van der Waals surface area contributed by atoms with Crippen LogP contribution >= 0.6 is 0 Å². The van der Waals surface area contributed by atoms with Crippen LogP contribution < -0.4 is 15.4 Å². The third-order valence-corrected chi connectivity index (χ3v) is 3.64. The van der Waals surface area contributed by atoms with Gasteiger partial charge in [0, 0.05) is 6.04 Å². The van der Waals surface area contributed by atoms with E-state index in [9.17, 15) is 4.79 Å². The number of amides is 1. The Morgan fingerprint density at radius 1 is 1.04 bits per heavy atom. The number of anilines is 1. The Morgan fingerprint density at radius 2 is 1.70 bits per heavy atom. The fourth-order valence-electron chi connectivity index (χ4n) is 2.38. The molecule has 0 saturated heterocycles. The number of nitrogens with one attached hydrogen (secondary N) is 2. The van der Waals surface area contributed by atoms with Crippen LogP contribution in [-0.4, -0.2) is 18.6 Å². The molecule has 0 aromatic heterocycles. The molecule has 0 aliphatic heterocycles. The van der Waals surface area contributed by atoms with Crippen molar-refractivity contribution in [3.8, 4) is 5.75 Å². The molecule has 0 bridgehead atoms. The van der Waals surface area contributed by atoms with Crippen molar-refractivity contribution in [1.82, 2.24) is 5.32 Å². The summed E-state index contributed by atoms with van der Waals surface area (Å²) in [5.74, 6) is 0.603. The lowest BCUT2D eigenvalue weighted by Gasteiger charge is -2.20. The SMILES string of the molecule is CCOc1ccccc1NC(=O)[C@@H](C)N[C@@H](C)c1ccccc1. The van der Waals surface area contributed by atoms with Crippen LogP contribution in [0.1, 0.15) is 32.4 Å². The highest BCUT2D eigenvalue weighted by Gasteiger charge is 2.17. The molecule has 4 heteroatoms. The largest absolute Gasteiger partial charge is 0.492 e. The summed E-state index contributed by atoms with van der Waals surface area (Å²) in [4.78, 5) is 12.4. The Labute approximate surface area is 137 Å². The second-order valence-corrected chi connectivity index (χ2v) is 5.44. The maximum absolute atomic E-state index is 12.4. The lowest BCUT2D eigenvalue weighted by atomic mass is 10.1. The number of hydrogen-bond acceptors (Lipinski definition) is 3. The minimum Gasteiger partial charge on any atom is -0.492 e. The zero-order valence-electron chi connectivity index (χ0n) is 13.9. The molecule has 0 fully saturated rings. The molecule has 122 valence electrons. The van der Waals surface area contributed by atoms with Crippen LogP contribution in [0.3, 0.4) is 0 Å². The molecule has 0 spiro atoms. The van der Waals surface area contributed by atoms with Crippen molar-refractivity contribution < 1.29 is 9.53 Å². The molecule has 0 unspecified atom stereocenters. The Morgan fingerprint density at radius 3 is 2.39 bits per heavy atom. The molecule has 2 N–H and O–H groups in total. The van der Waals surface area contributed by atoms with E-state index < -0.39 is 0 Å². The van der Waals surface area contributed by atoms with Gasteiger partial charge in [-0.1, -0.05) is 42.5 Å². The molecule has 0 saturated carbocycles. The number of hydrogen-bond donors (Lipinski definition) is 2. The Bertz CT molecular complexity index is 628. The van der Waals surface area contributed by atoms with Crippen LogP contribution in [0, 0.1) is 0 Å². The number of benzene rings is 2. The normalized spacial score (nSPS) is 13.2. The van der Waals surface area contributed by atoms with E-state index in [1.807, 2.05) is 75.4 Å². The average Bonchev–Trinajstić information content (AvgIpc) is 2.57. The van der Waals surface area contributed by atoms with Gasteiger partial charge < -0.3 is 10.1 Å². The lowest BCUT2D eigenvalue weighted by molar-refractivity contribution is -0.118. The third kappa shape index (κ3) is 4.83. The van der Waals surface area contributed by atoms with Gasteiger partial charge in [-0.15, -0.1) is 0 Å². The van der Waals surface area contributed by atoms with Gasteiger partial charge in [0.15, 0.2) is 0 Å². The van der Waals surface area contributed by atoms with Crippen molar-refractivity contribution in [2.45, 2.75) is 32.9 Å². The van der Waals surface area contributed by atoms with Crippen LogP contribution in [-0.2, 0) is 4.79 Å². The van der Waals surface area contributed by atoms with Gasteiger partial charge in [-0.05, 0) is 38.5 Å². The summed E-state index contributed by atoms with van der Waals surface area (Å²) in [6.45, 7) is 6.39. The second kappa shape index (κ2) is 8.34. The minimum absolute atomic E-state index is 0.0834. The Balaban J connectivity index is 1.98. The summed E-state index contributed by atoms with van der Waals surface area (Å²) in [5, 5.41) is 6.24. The van der Waals surface area contributed by atoms with E-state index >= 15 is 0 Å². The summed E-state index contributed by atoms with van der Waals surface area (Å²) in [5.41, 5.74) is 1.85. The first-order chi connectivity index (χ1) is 11.1. The van der Waals surface area contributed by atoms with E-state index in [0.717, 1.165) is 5.56 Å².